The van der Waals surface area contributed by atoms with Crippen LogP contribution in [0.5, 0.6) is 0 Å². The average Bonchev–Trinajstić information content (AvgIpc) is 4.06. The van der Waals surface area contributed by atoms with Crippen molar-refractivity contribution in [2.45, 2.75) is 121 Å². The van der Waals surface area contributed by atoms with Crippen LogP contribution in [0, 0.1) is 0 Å². The van der Waals surface area contributed by atoms with Gasteiger partial charge in [0.05, 0.1) is 18.2 Å². The molecular weight excluding hydrogens is 785 g/mol. The fraction of sp³-hybridized carbons (Fsp3) is 0.426. The van der Waals surface area contributed by atoms with E-state index in [-0.39, 0.29) is 23.9 Å². The molecule has 0 bridgehead atoms. The smallest absolute Gasteiger partial charge is 0.278 e. The molecular formula is C47H50N10O5. The molecule has 6 aromatic rings. The number of nitrogens with one attached hydrogen (secondary N) is 2. The van der Waals surface area contributed by atoms with Gasteiger partial charge in [0.25, 0.3) is 5.56 Å². The van der Waals surface area contributed by atoms with Crippen LogP contribution in [0.1, 0.15) is 103 Å². The Morgan fingerprint density at radius 3 is 2.50 bits per heavy atom. The summed E-state index contributed by atoms with van der Waals surface area (Å²) in [6.07, 6.45) is 11.5. The predicted molar refractivity (Wildman–Crippen MR) is 232 cm³/mol. The highest BCUT2D eigenvalue weighted by molar-refractivity contribution is 6.02. The highest BCUT2D eigenvalue weighted by atomic mass is 16.5. The van der Waals surface area contributed by atoms with Crippen molar-refractivity contribution in [3.8, 4) is 5.82 Å². The van der Waals surface area contributed by atoms with Crippen LogP contribution in [0.25, 0.3) is 27.8 Å². The second kappa shape index (κ2) is 15.1. The summed E-state index contributed by atoms with van der Waals surface area (Å²) in [7, 11) is 0. The molecule has 2 atom stereocenters. The van der Waals surface area contributed by atoms with E-state index in [9.17, 15) is 19.5 Å². The maximum absolute atomic E-state index is 13.6. The van der Waals surface area contributed by atoms with Gasteiger partial charge in [-0.15, -0.1) is 6.58 Å². The second-order valence-electron chi connectivity index (χ2n) is 17.8. The summed E-state index contributed by atoms with van der Waals surface area (Å²) in [4.78, 5) is 57.5. The molecule has 0 radical (unpaired) electrons. The zero-order valence-corrected chi connectivity index (χ0v) is 34.9. The van der Waals surface area contributed by atoms with Crippen LogP contribution in [0.2, 0.25) is 0 Å². The van der Waals surface area contributed by atoms with Crippen LogP contribution in [-0.4, -0.2) is 74.8 Å². The molecule has 1 saturated carbocycles. The maximum atomic E-state index is 13.6. The van der Waals surface area contributed by atoms with Gasteiger partial charge < -0.3 is 14.9 Å². The summed E-state index contributed by atoms with van der Waals surface area (Å²) in [5, 5.41) is 22.8. The van der Waals surface area contributed by atoms with Crippen molar-refractivity contribution >= 4 is 45.5 Å². The summed E-state index contributed by atoms with van der Waals surface area (Å²) in [5.41, 5.74) is 8.29. The minimum absolute atomic E-state index is 0.232. The molecule has 11 rings (SSSR count). The third-order valence-corrected chi connectivity index (χ3v) is 14.4. The van der Waals surface area contributed by atoms with Crippen molar-refractivity contribution in [3.05, 3.63) is 111 Å². The number of carbonyl (C=O) groups excluding carboxylic acids is 2. The number of anilines is 2. The lowest BCUT2D eigenvalue weighted by Crippen LogP contribution is -2.44. The Kier molecular flexibility index (Phi) is 9.47. The van der Waals surface area contributed by atoms with Gasteiger partial charge in [0, 0.05) is 67.5 Å². The summed E-state index contributed by atoms with van der Waals surface area (Å²) < 4.78 is 9.18. The molecule has 1 saturated heterocycles. The van der Waals surface area contributed by atoms with Crippen molar-refractivity contribution in [3.63, 3.8) is 0 Å². The van der Waals surface area contributed by atoms with E-state index in [1.54, 1.807) is 21.6 Å². The Balaban J connectivity index is 0.749. The van der Waals surface area contributed by atoms with Gasteiger partial charge in [-0.1, -0.05) is 36.4 Å². The van der Waals surface area contributed by atoms with Crippen LogP contribution < -0.4 is 16.2 Å². The molecule has 15 heteroatoms. The number of hydrogen-bond donors (Lipinski definition) is 3. The summed E-state index contributed by atoms with van der Waals surface area (Å²) >= 11 is 0. The third kappa shape index (κ3) is 6.47. The van der Waals surface area contributed by atoms with Crippen LogP contribution in [-0.2, 0) is 54.2 Å². The number of carbonyl (C=O) groups is 2. The number of benzene rings is 2. The Bertz CT molecular complexity index is 2870. The second-order valence-corrected chi connectivity index (χ2v) is 17.8. The van der Waals surface area contributed by atoms with Crippen LogP contribution >= 0.6 is 0 Å². The zero-order chi connectivity index (χ0) is 42.3. The Morgan fingerprint density at radius 2 is 1.69 bits per heavy atom. The van der Waals surface area contributed by atoms with Gasteiger partial charge in [0.15, 0.2) is 17.0 Å². The molecule has 62 heavy (non-hydrogen) atoms. The number of aromatic nitrogens is 6. The monoisotopic (exact) mass is 834 g/mol. The van der Waals surface area contributed by atoms with E-state index in [1.165, 1.54) is 22.3 Å². The third-order valence-electron chi connectivity index (χ3n) is 14.4. The van der Waals surface area contributed by atoms with Crippen molar-refractivity contribution in [2.75, 3.05) is 11.9 Å². The Morgan fingerprint density at radius 1 is 0.903 bits per heavy atom. The summed E-state index contributed by atoms with van der Waals surface area (Å²) in [5.74, 6) is -0.0959. The molecule has 3 N–H and O–H groups in total. The van der Waals surface area contributed by atoms with Gasteiger partial charge >= 0.3 is 0 Å². The van der Waals surface area contributed by atoms with Gasteiger partial charge in [0.2, 0.25) is 17.8 Å². The molecule has 3 aliphatic heterocycles. The molecule has 5 aliphatic rings. The fourth-order valence-corrected chi connectivity index (χ4v) is 10.9. The number of piperidine rings is 1. The molecule has 7 heterocycles. The number of aryl methyl sites for hydroxylation is 1. The molecule has 15 nitrogen and oxygen atoms in total. The summed E-state index contributed by atoms with van der Waals surface area (Å²) in [6.45, 7) is 9.74. The minimum Gasteiger partial charge on any atom is -0.384 e. The number of aliphatic hydroxyl groups is 1. The van der Waals surface area contributed by atoms with E-state index >= 15 is 0 Å². The first kappa shape index (κ1) is 38.9. The van der Waals surface area contributed by atoms with E-state index in [0.29, 0.717) is 72.0 Å². The van der Waals surface area contributed by atoms with Crippen molar-refractivity contribution < 1.29 is 19.2 Å². The lowest BCUT2D eigenvalue weighted by Gasteiger charge is -2.41. The highest BCUT2D eigenvalue weighted by Crippen LogP contribution is 2.41. The Hall–Kier alpha value is -6.03. The number of amides is 2. The van der Waals surface area contributed by atoms with Crippen molar-refractivity contribution in [1.29, 1.82) is 0 Å². The van der Waals surface area contributed by atoms with Gasteiger partial charge in [-0.2, -0.15) is 4.98 Å². The highest BCUT2D eigenvalue weighted by Gasteiger charge is 2.38. The first-order valence-corrected chi connectivity index (χ1v) is 22.1. The van der Waals surface area contributed by atoms with Crippen LogP contribution in [0.3, 0.4) is 0 Å². The number of rotatable bonds is 9. The molecule has 1 unspecified atom stereocenters. The summed E-state index contributed by atoms with van der Waals surface area (Å²) in [6, 6.07) is 15.6. The van der Waals surface area contributed by atoms with E-state index in [2.05, 4.69) is 61.4 Å². The van der Waals surface area contributed by atoms with Gasteiger partial charge in [-0.05, 0) is 104 Å². The first-order valence-electron chi connectivity index (χ1n) is 22.1. The number of imide groups is 1. The van der Waals surface area contributed by atoms with Crippen molar-refractivity contribution in [1.82, 2.24) is 44.6 Å². The van der Waals surface area contributed by atoms with Crippen LogP contribution in [0.15, 0.2) is 70.6 Å². The lowest BCUT2D eigenvalue weighted by atomic mass is 9.87. The topological polar surface area (TPSA) is 177 Å². The number of fused-ring (bicyclic) bond motifs is 6. The number of pyridine rings is 1. The molecule has 0 spiro atoms. The largest absolute Gasteiger partial charge is 0.384 e. The lowest BCUT2D eigenvalue weighted by molar-refractivity contribution is -0.134. The van der Waals surface area contributed by atoms with Gasteiger partial charge in [0.1, 0.15) is 16.7 Å². The normalized spacial score (nSPS) is 24.0. The minimum atomic E-state index is -0.992. The fourth-order valence-electron chi connectivity index (χ4n) is 10.9. The molecule has 318 valence electrons. The van der Waals surface area contributed by atoms with E-state index in [0.717, 1.165) is 86.9 Å². The number of hydrogen-bond acceptors (Lipinski definition) is 12. The van der Waals surface area contributed by atoms with E-state index < -0.39 is 11.5 Å². The average molecular weight is 835 g/mol. The van der Waals surface area contributed by atoms with Gasteiger partial charge in [-0.3, -0.25) is 29.5 Å². The number of nitrogens with zero attached hydrogens (tertiary/aromatic N) is 8. The SMILES string of the molecule is C=CCn1c(=O)c2cnc(Nc3ccc4c(c3)CCN([C@H]3CC[C@@H](N5Cc6ccc7c(C8CCC(=O)NC8=O)noc7c6C5)CC3)C4)nc2n1-c1ccc2c(n1)[C@@](O)(CC)CC2. The van der Waals surface area contributed by atoms with Gasteiger partial charge in [-0.25, -0.2) is 19.3 Å². The molecule has 2 aromatic carbocycles. The maximum Gasteiger partial charge on any atom is 0.278 e. The molecule has 2 fully saturated rings. The zero-order valence-electron chi connectivity index (χ0n) is 34.9. The number of allylic oxidation sites excluding steroid dienone is 1. The van der Waals surface area contributed by atoms with Crippen LogP contribution in [0.4, 0.5) is 11.6 Å². The van der Waals surface area contributed by atoms with Crippen molar-refractivity contribution in [2.24, 2.45) is 0 Å². The first-order chi connectivity index (χ1) is 30.2. The van der Waals surface area contributed by atoms with E-state index in [4.69, 9.17) is 14.5 Å². The molecule has 4 aromatic heterocycles. The standard InChI is InChI=1S/C47H50N10O5/c1-3-20-56-45(60)36-23-48-46(52-43(36)57(56)38-15-7-27-17-19-47(61,4-2)42(27)50-38)49-31-8-5-29-24-54(21-18-28(29)22-31)32-9-11-33(12-10-32)55-25-30-6-13-34-40(53-62-41(34)37(30)26-55)35-14-16-39(58)51-44(35)59/h3,5-8,13,15,22-23,32-33,35,61H,1,4,9-12,14,16-21,24-26H2,2H3,(H,48,49,52)(H,51,58,59)/t32-,33+,35?,47-/m1/s1. The molecule has 2 aliphatic carbocycles. The Labute approximate surface area is 357 Å². The predicted octanol–water partition coefficient (Wildman–Crippen LogP) is 5.80. The molecule has 2 amide bonds. The van der Waals surface area contributed by atoms with E-state index in [1.807, 2.05) is 25.1 Å². The quantitative estimate of drug-likeness (QED) is 0.118.